The molecule has 36 heavy (non-hydrogen) atoms. The van der Waals surface area contributed by atoms with Gasteiger partial charge in [-0.15, -0.1) is 0 Å². The molecule has 0 unspecified atom stereocenters. The van der Waals surface area contributed by atoms with Crippen LogP contribution in [-0.4, -0.2) is 45.1 Å². The van der Waals surface area contributed by atoms with Gasteiger partial charge in [0.15, 0.2) is 0 Å². The summed E-state index contributed by atoms with van der Waals surface area (Å²) in [6.45, 7) is 14.5. The van der Waals surface area contributed by atoms with E-state index in [2.05, 4.69) is 39.5 Å². The van der Waals surface area contributed by atoms with Gasteiger partial charge < -0.3 is 20.4 Å². The van der Waals surface area contributed by atoms with E-state index in [1.165, 1.54) is 0 Å². The number of carboxylic acid groups (broad SMARTS) is 2. The summed E-state index contributed by atoms with van der Waals surface area (Å²) in [6, 6.07) is 0. The topological polar surface area (TPSA) is 115 Å². The second kappa shape index (κ2) is 10.3. The Bertz CT molecular complexity index is 1000. The fraction of sp³-hybridized carbons (Fsp3) is 0.667. The number of carbonyl (C=O) groups is 2. The van der Waals surface area contributed by atoms with Crippen LogP contribution in [-0.2, 0) is 9.59 Å². The van der Waals surface area contributed by atoms with Gasteiger partial charge in [-0.25, -0.2) is 0 Å². The highest BCUT2D eigenvalue weighted by atomic mass is 16.4. The highest BCUT2D eigenvalue weighted by Gasteiger charge is 2.65. The molecule has 200 valence electrons. The largest absolute Gasteiger partial charge is 0.481 e. The zero-order valence-electron chi connectivity index (χ0n) is 22.5. The number of hydrogen-bond acceptors (Lipinski definition) is 4. The van der Waals surface area contributed by atoms with Crippen molar-refractivity contribution >= 4 is 11.9 Å². The van der Waals surface area contributed by atoms with Gasteiger partial charge in [0.1, 0.15) is 0 Å². The zero-order chi connectivity index (χ0) is 27.1. The first-order chi connectivity index (χ1) is 16.7. The lowest BCUT2D eigenvalue weighted by Crippen LogP contribution is -2.48. The summed E-state index contributed by atoms with van der Waals surface area (Å²) in [4.78, 5) is 24.0. The molecule has 7 atom stereocenters. The Morgan fingerprint density at radius 3 is 2.39 bits per heavy atom. The van der Waals surface area contributed by atoms with Gasteiger partial charge in [0, 0.05) is 17.8 Å². The molecule has 0 saturated heterocycles. The van der Waals surface area contributed by atoms with Crippen LogP contribution in [0.5, 0.6) is 0 Å². The Kier molecular flexibility index (Phi) is 8.12. The van der Waals surface area contributed by atoms with Crippen molar-refractivity contribution in [3.8, 4) is 0 Å². The molecule has 0 bridgehead atoms. The predicted molar refractivity (Wildman–Crippen MR) is 140 cm³/mol. The van der Waals surface area contributed by atoms with E-state index in [9.17, 15) is 30.0 Å². The summed E-state index contributed by atoms with van der Waals surface area (Å²) in [5.74, 6) is -2.68. The molecule has 0 heterocycles. The quantitative estimate of drug-likeness (QED) is 0.294. The number of allylic oxidation sites excluding steroid dienone is 6. The van der Waals surface area contributed by atoms with Crippen molar-refractivity contribution in [2.45, 2.75) is 85.7 Å². The average molecular weight is 501 g/mol. The van der Waals surface area contributed by atoms with Crippen LogP contribution in [0.2, 0.25) is 0 Å². The van der Waals surface area contributed by atoms with Crippen molar-refractivity contribution in [3.63, 3.8) is 0 Å². The monoisotopic (exact) mass is 500 g/mol. The molecule has 3 rings (SSSR count). The SMILES string of the molecule is C=C(C)[C@@H]1CC=C2C(=CC[C@]3(C)[C@@H]([C@@H](CC/C=C(\C)CO)C(=O)O)[C@H](O)C[C@@]23C)[C@@]1(C)CCC(=O)O. The molecule has 0 aromatic rings. The van der Waals surface area contributed by atoms with E-state index in [1.54, 1.807) is 0 Å². The lowest BCUT2D eigenvalue weighted by atomic mass is 9.48. The number of carboxylic acids is 2. The normalized spacial score (nSPS) is 36.9. The first kappa shape index (κ1) is 28.4. The van der Waals surface area contributed by atoms with Crippen LogP contribution in [0.3, 0.4) is 0 Å². The highest BCUT2D eigenvalue weighted by Crippen LogP contribution is 2.70. The molecule has 0 amide bonds. The number of aliphatic hydroxyl groups is 2. The minimum Gasteiger partial charge on any atom is -0.481 e. The Balaban J connectivity index is 2.04. The second-order valence-corrected chi connectivity index (χ2v) is 12.2. The molecule has 1 saturated carbocycles. The van der Waals surface area contributed by atoms with Gasteiger partial charge in [0.05, 0.1) is 18.6 Å². The molecule has 1 fully saturated rings. The lowest BCUT2D eigenvalue weighted by Gasteiger charge is -2.56. The van der Waals surface area contributed by atoms with Gasteiger partial charge in [-0.2, -0.15) is 0 Å². The molecule has 3 aliphatic rings. The average Bonchev–Trinajstić information content (AvgIpc) is 3.00. The van der Waals surface area contributed by atoms with Crippen LogP contribution >= 0.6 is 0 Å². The standard InChI is InChI=1S/C30H44O6/c1-18(2)21-10-11-23-22(28(21,4)14-13-25(33)34)12-15-29(5)26(24(32)16-30(23,29)6)20(27(35)36)9-7-8-19(3)17-31/h8,11-12,20-21,24,26,31-32H,1,7,9-10,13-17H2,2-6H3,(H,33,34)(H,35,36)/b19-8+/t20-,21+,24-,26+,28+,29-,30+/m1/s1. The molecular formula is C30H44O6. The number of fused-ring (bicyclic) bond motifs is 3. The Morgan fingerprint density at radius 1 is 1.17 bits per heavy atom. The third-order valence-corrected chi connectivity index (χ3v) is 10.0. The summed E-state index contributed by atoms with van der Waals surface area (Å²) in [5, 5.41) is 40.4. The molecule has 0 spiro atoms. The predicted octanol–water partition coefficient (Wildman–Crippen LogP) is 5.52. The molecule has 0 aromatic carbocycles. The van der Waals surface area contributed by atoms with Crippen LogP contribution in [0.1, 0.15) is 79.6 Å². The zero-order valence-corrected chi connectivity index (χ0v) is 22.5. The fourth-order valence-electron chi connectivity index (χ4n) is 7.79. The maximum atomic E-state index is 12.5. The van der Waals surface area contributed by atoms with Gasteiger partial charge >= 0.3 is 11.9 Å². The van der Waals surface area contributed by atoms with Gasteiger partial charge in [0.2, 0.25) is 0 Å². The van der Waals surface area contributed by atoms with E-state index in [4.69, 9.17) is 0 Å². The summed E-state index contributed by atoms with van der Waals surface area (Å²) < 4.78 is 0. The smallest absolute Gasteiger partial charge is 0.306 e. The van der Waals surface area contributed by atoms with Crippen LogP contribution in [0.15, 0.2) is 47.1 Å². The van der Waals surface area contributed by atoms with E-state index >= 15 is 0 Å². The third-order valence-electron chi connectivity index (χ3n) is 10.0. The van der Waals surface area contributed by atoms with E-state index in [0.717, 1.165) is 28.7 Å². The maximum Gasteiger partial charge on any atom is 0.306 e. The van der Waals surface area contributed by atoms with E-state index < -0.39 is 40.7 Å². The molecule has 4 N–H and O–H groups in total. The van der Waals surface area contributed by atoms with Crippen molar-refractivity contribution in [3.05, 3.63) is 47.1 Å². The highest BCUT2D eigenvalue weighted by molar-refractivity contribution is 5.71. The molecule has 0 radical (unpaired) electrons. The molecule has 6 heteroatoms. The fourth-order valence-corrected chi connectivity index (χ4v) is 7.79. The van der Waals surface area contributed by atoms with Gasteiger partial charge in [-0.05, 0) is 80.3 Å². The summed E-state index contributed by atoms with van der Waals surface area (Å²) in [6.07, 6.45) is 9.02. The van der Waals surface area contributed by atoms with Crippen LogP contribution in [0, 0.1) is 34.0 Å². The maximum absolute atomic E-state index is 12.5. The summed E-state index contributed by atoms with van der Waals surface area (Å²) >= 11 is 0. The van der Waals surface area contributed by atoms with E-state index in [0.29, 0.717) is 32.1 Å². The van der Waals surface area contributed by atoms with Crippen LogP contribution in [0.25, 0.3) is 0 Å². The first-order valence-electron chi connectivity index (χ1n) is 13.2. The Hall–Kier alpha value is -2.18. The van der Waals surface area contributed by atoms with Crippen molar-refractivity contribution < 1.29 is 30.0 Å². The first-order valence-corrected chi connectivity index (χ1v) is 13.2. The molecule has 0 aromatic heterocycles. The summed E-state index contributed by atoms with van der Waals surface area (Å²) in [5.41, 5.74) is 2.92. The molecule has 3 aliphatic carbocycles. The van der Waals surface area contributed by atoms with Crippen molar-refractivity contribution in [1.29, 1.82) is 0 Å². The van der Waals surface area contributed by atoms with Crippen LogP contribution < -0.4 is 0 Å². The van der Waals surface area contributed by atoms with E-state index in [1.807, 2.05) is 19.9 Å². The number of rotatable bonds is 10. The van der Waals surface area contributed by atoms with Gasteiger partial charge in [0.25, 0.3) is 0 Å². The summed E-state index contributed by atoms with van der Waals surface area (Å²) in [7, 11) is 0. The van der Waals surface area contributed by atoms with Crippen molar-refractivity contribution in [1.82, 2.24) is 0 Å². The lowest BCUT2D eigenvalue weighted by molar-refractivity contribution is -0.148. The van der Waals surface area contributed by atoms with E-state index in [-0.39, 0.29) is 24.4 Å². The molecular weight excluding hydrogens is 456 g/mol. The van der Waals surface area contributed by atoms with Crippen LogP contribution in [0.4, 0.5) is 0 Å². The third kappa shape index (κ3) is 4.63. The number of hydrogen-bond donors (Lipinski definition) is 4. The molecule has 6 nitrogen and oxygen atoms in total. The van der Waals surface area contributed by atoms with Crippen molar-refractivity contribution in [2.75, 3.05) is 6.61 Å². The van der Waals surface area contributed by atoms with Gasteiger partial charge in [-0.1, -0.05) is 56.7 Å². The molecule has 0 aliphatic heterocycles. The Morgan fingerprint density at radius 2 is 1.83 bits per heavy atom. The second-order valence-electron chi connectivity index (χ2n) is 12.2. The number of aliphatic hydroxyl groups excluding tert-OH is 2. The van der Waals surface area contributed by atoms with Crippen molar-refractivity contribution in [2.24, 2.45) is 34.0 Å². The van der Waals surface area contributed by atoms with Gasteiger partial charge in [-0.3, -0.25) is 9.59 Å². The minimum atomic E-state index is -0.888. The Labute approximate surface area is 215 Å². The minimum absolute atomic E-state index is 0.0485. The number of aliphatic carboxylic acids is 2.